The predicted molar refractivity (Wildman–Crippen MR) is 131 cm³/mol. The van der Waals surface area contributed by atoms with E-state index >= 15 is 0 Å². The first-order chi connectivity index (χ1) is 15.8. The summed E-state index contributed by atoms with van der Waals surface area (Å²) in [5.41, 5.74) is 2.57. The van der Waals surface area contributed by atoms with Crippen LogP contribution < -0.4 is 4.90 Å². The highest BCUT2D eigenvalue weighted by Crippen LogP contribution is 2.44. The van der Waals surface area contributed by atoms with Gasteiger partial charge in [-0.25, -0.2) is 4.98 Å². The van der Waals surface area contributed by atoms with Crippen LogP contribution >= 0.6 is 22.7 Å². The molecule has 33 heavy (non-hydrogen) atoms. The summed E-state index contributed by atoms with van der Waals surface area (Å²) in [6, 6.07) is 12.2. The molecule has 1 unspecified atom stereocenters. The third kappa shape index (κ3) is 3.65. The number of benzene rings is 1. The van der Waals surface area contributed by atoms with Crippen LogP contribution in [0.5, 0.6) is 0 Å². The van der Waals surface area contributed by atoms with Gasteiger partial charge in [0, 0.05) is 12.4 Å². The molecule has 0 fully saturated rings. The van der Waals surface area contributed by atoms with E-state index in [1.807, 2.05) is 12.1 Å². The highest BCUT2D eigenvalue weighted by Gasteiger charge is 2.46. The minimum Gasteiger partial charge on any atom is -0.503 e. The molecule has 0 saturated heterocycles. The third-order valence-corrected chi connectivity index (χ3v) is 7.53. The van der Waals surface area contributed by atoms with Crippen LogP contribution in [-0.4, -0.2) is 26.8 Å². The summed E-state index contributed by atoms with van der Waals surface area (Å²) >= 11 is 2.64. The van der Waals surface area contributed by atoms with Crippen molar-refractivity contribution in [2.45, 2.75) is 32.2 Å². The summed E-state index contributed by atoms with van der Waals surface area (Å²) in [6.07, 6.45) is 3.23. The summed E-state index contributed by atoms with van der Waals surface area (Å²) in [6.45, 7) is 6.43. The van der Waals surface area contributed by atoms with Crippen LogP contribution in [-0.2, 0) is 10.2 Å². The number of rotatable bonds is 4. The maximum absolute atomic E-state index is 13.3. The SMILES string of the molecule is CC(C)(C)c1ccc2nc(N3C(=O)C(O)=C(C(=O)c4cccs4)C3c3cccnc3)sc2c1. The van der Waals surface area contributed by atoms with Gasteiger partial charge >= 0.3 is 0 Å². The molecule has 0 radical (unpaired) electrons. The van der Waals surface area contributed by atoms with Crippen molar-refractivity contribution in [1.29, 1.82) is 0 Å². The number of nitrogens with zero attached hydrogens (tertiary/aromatic N) is 3. The molecular formula is C25H21N3O3S2. The fraction of sp³-hybridized carbons (Fsp3) is 0.200. The maximum atomic E-state index is 13.3. The largest absolute Gasteiger partial charge is 0.503 e. The topological polar surface area (TPSA) is 83.4 Å². The monoisotopic (exact) mass is 475 g/mol. The Labute approximate surface area is 198 Å². The van der Waals surface area contributed by atoms with Crippen molar-refractivity contribution in [2.24, 2.45) is 0 Å². The first kappa shape index (κ1) is 21.5. The van der Waals surface area contributed by atoms with Gasteiger partial charge in [0.05, 0.1) is 26.7 Å². The number of anilines is 1. The van der Waals surface area contributed by atoms with Crippen LogP contribution in [0.3, 0.4) is 0 Å². The molecule has 1 amide bonds. The minimum atomic E-state index is -0.816. The molecule has 1 aliphatic rings. The Hall–Kier alpha value is -3.36. The van der Waals surface area contributed by atoms with Gasteiger partial charge in [-0.2, -0.15) is 0 Å². The van der Waals surface area contributed by atoms with Crippen LogP contribution in [0.1, 0.15) is 47.6 Å². The predicted octanol–water partition coefficient (Wildman–Crippen LogP) is 5.83. The number of aromatic nitrogens is 2. The van der Waals surface area contributed by atoms with Gasteiger partial charge in [0.1, 0.15) is 0 Å². The number of thiophene rings is 1. The van der Waals surface area contributed by atoms with Crippen molar-refractivity contribution < 1.29 is 14.7 Å². The number of hydrogen-bond donors (Lipinski definition) is 1. The molecule has 0 bridgehead atoms. The van der Waals surface area contributed by atoms with Crippen molar-refractivity contribution in [2.75, 3.05) is 4.90 Å². The maximum Gasteiger partial charge on any atom is 0.296 e. The van der Waals surface area contributed by atoms with E-state index in [1.54, 1.807) is 42.0 Å². The normalized spacial score (nSPS) is 16.8. The Balaban J connectivity index is 1.65. The van der Waals surface area contributed by atoms with Gasteiger partial charge in [0.15, 0.2) is 10.9 Å². The van der Waals surface area contributed by atoms with Gasteiger partial charge in [-0.15, -0.1) is 11.3 Å². The van der Waals surface area contributed by atoms with Crippen molar-refractivity contribution in [1.82, 2.24) is 9.97 Å². The lowest BCUT2D eigenvalue weighted by molar-refractivity contribution is -0.117. The number of thiazole rings is 1. The van der Waals surface area contributed by atoms with Gasteiger partial charge in [-0.1, -0.05) is 50.3 Å². The van der Waals surface area contributed by atoms with Crippen LogP contribution in [0.15, 0.2) is 71.6 Å². The molecule has 4 aromatic rings. The molecule has 5 rings (SSSR count). The molecule has 0 aliphatic carbocycles. The second kappa shape index (κ2) is 7.90. The number of carbonyl (C=O) groups excluding carboxylic acids is 2. The highest BCUT2D eigenvalue weighted by atomic mass is 32.1. The number of hydrogen-bond acceptors (Lipinski definition) is 7. The Morgan fingerprint density at radius 3 is 2.64 bits per heavy atom. The standard InChI is InChI=1S/C25H21N3O3S2/c1-25(2,3)15-8-9-16-18(12-15)33-24(27-16)28-20(14-6-4-10-26-13-14)19(22(30)23(28)31)21(29)17-7-5-11-32-17/h4-13,20,30H,1-3H3. The van der Waals surface area contributed by atoms with Crippen molar-refractivity contribution in [3.05, 3.63) is 87.6 Å². The zero-order chi connectivity index (χ0) is 23.3. The van der Waals surface area contributed by atoms with Gasteiger partial charge in [0.2, 0.25) is 5.78 Å². The van der Waals surface area contributed by atoms with E-state index in [0.717, 1.165) is 15.8 Å². The van der Waals surface area contributed by atoms with E-state index in [4.69, 9.17) is 4.98 Å². The zero-order valence-corrected chi connectivity index (χ0v) is 19.9. The second-order valence-corrected chi connectivity index (χ2v) is 10.8. The van der Waals surface area contributed by atoms with Gasteiger partial charge in [-0.05, 0) is 46.2 Å². The van der Waals surface area contributed by atoms with E-state index in [1.165, 1.54) is 27.6 Å². The molecule has 166 valence electrons. The van der Waals surface area contributed by atoms with Crippen LogP contribution in [0.25, 0.3) is 10.2 Å². The Bertz CT molecular complexity index is 1400. The van der Waals surface area contributed by atoms with E-state index < -0.39 is 17.7 Å². The minimum absolute atomic E-state index is 0.0276. The average molecular weight is 476 g/mol. The Morgan fingerprint density at radius 2 is 1.97 bits per heavy atom. The lowest BCUT2D eigenvalue weighted by Crippen LogP contribution is -2.31. The van der Waals surface area contributed by atoms with Crippen molar-refractivity contribution in [3.63, 3.8) is 0 Å². The van der Waals surface area contributed by atoms with Crippen LogP contribution in [0.2, 0.25) is 0 Å². The quantitative estimate of drug-likeness (QED) is 0.375. The van der Waals surface area contributed by atoms with Crippen molar-refractivity contribution in [3.8, 4) is 0 Å². The number of amides is 1. The lowest BCUT2D eigenvalue weighted by atomic mass is 9.87. The second-order valence-electron chi connectivity index (χ2n) is 8.86. The van der Waals surface area contributed by atoms with Crippen molar-refractivity contribution >= 4 is 49.7 Å². The fourth-order valence-corrected chi connectivity index (χ4v) is 5.62. The summed E-state index contributed by atoms with van der Waals surface area (Å²) in [5.74, 6) is -1.56. The molecule has 8 heteroatoms. The molecule has 0 saturated carbocycles. The summed E-state index contributed by atoms with van der Waals surface area (Å²) in [5, 5.41) is 13.1. The van der Waals surface area contributed by atoms with E-state index in [-0.39, 0.29) is 16.8 Å². The first-order valence-electron chi connectivity index (χ1n) is 10.4. The Kier molecular flexibility index (Phi) is 5.14. The average Bonchev–Trinajstić information content (AvgIpc) is 3.52. The Morgan fingerprint density at radius 1 is 1.15 bits per heavy atom. The van der Waals surface area contributed by atoms with E-state index in [9.17, 15) is 14.7 Å². The molecule has 3 aromatic heterocycles. The molecule has 6 nitrogen and oxygen atoms in total. The number of ketones is 1. The molecule has 1 N–H and O–H groups in total. The summed E-state index contributed by atoms with van der Waals surface area (Å²) in [4.78, 5) is 37.4. The number of Topliss-reactive ketones (excluding diaryl/α,β-unsaturated/α-hetero) is 1. The number of pyridine rings is 1. The number of carbonyl (C=O) groups is 2. The van der Waals surface area contributed by atoms with Crippen LogP contribution in [0, 0.1) is 0 Å². The highest BCUT2D eigenvalue weighted by molar-refractivity contribution is 7.22. The van der Waals surface area contributed by atoms with E-state index in [0.29, 0.717) is 15.6 Å². The van der Waals surface area contributed by atoms with Gasteiger partial charge in [0.25, 0.3) is 5.91 Å². The zero-order valence-electron chi connectivity index (χ0n) is 18.3. The lowest BCUT2D eigenvalue weighted by Gasteiger charge is -2.24. The van der Waals surface area contributed by atoms with Gasteiger partial charge < -0.3 is 5.11 Å². The molecule has 4 heterocycles. The fourth-order valence-electron chi connectivity index (χ4n) is 3.91. The third-order valence-electron chi connectivity index (χ3n) is 5.65. The first-order valence-corrected chi connectivity index (χ1v) is 12.1. The number of fused-ring (bicyclic) bond motifs is 1. The molecule has 1 aliphatic heterocycles. The summed E-state index contributed by atoms with van der Waals surface area (Å²) < 4.78 is 0.938. The molecular weight excluding hydrogens is 454 g/mol. The molecule has 1 aromatic carbocycles. The van der Waals surface area contributed by atoms with Crippen LogP contribution in [0.4, 0.5) is 5.13 Å². The van der Waals surface area contributed by atoms with E-state index in [2.05, 4.69) is 31.8 Å². The molecule has 0 spiro atoms. The number of aliphatic hydroxyl groups excluding tert-OH is 1. The van der Waals surface area contributed by atoms with Gasteiger partial charge in [-0.3, -0.25) is 19.5 Å². The molecule has 1 atom stereocenters. The number of aliphatic hydroxyl groups is 1. The smallest absolute Gasteiger partial charge is 0.296 e. The summed E-state index contributed by atoms with van der Waals surface area (Å²) in [7, 11) is 0.